The molecule has 1 aromatic carbocycles. The highest BCUT2D eigenvalue weighted by Gasteiger charge is 2.29. The first-order valence-corrected chi connectivity index (χ1v) is 14.1. The van der Waals surface area contributed by atoms with Crippen LogP contribution in [0.25, 0.3) is 0 Å². The molecule has 0 spiro atoms. The molecule has 0 radical (unpaired) electrons. The molecule has 0 bridgehead atoms. The second-order valence-corrected chi connectivity index (χ2v) is 10.8. The van der Waals surface area contributed by atoms with Gasteiger partial charge < -0.3 is 29.6 Å². The summed E-state index contributed by atoms with van der Waals surface area (Å²) in [6.07, 6.45) is 1.36. The third kappa shape index (κ3) is 7.98. The molecule has 2 amide bonds. The molecule has 40 heavy (non-hydrogen) atoms. The lowest BCUT2D eigenvalue weighted by Gasteiger charge is -2.18. The van der Waals surface area contributed by atoms with Crippen molar-refractivity contribution in [1.29, 1.82) is 0 Å². The van der Waals surface area contributed by atoms with Crippen LogP contribution in [-0.2, 0) is 25.5 Å². The molecule has 2 rings (SSSR count). The zero-order chi connectivity index (χ0) is 30.2. The molecular formula is C25H36F2N6O6P+. The minimum Gasteiger partial charge on any atom is -0.378 e. The minimum absolute atomic E-state index is 0.0249. The summed E-state index contributed by atoms with van der Waals surface area (Å²) < 4.78 is 51.3. The molecule has 0 saturated heterocycles. The number of halogens is 2. The Morgan fingerprint density at radius 1 is 1.12 bits per heavy atom. The number of aromatic nitrogens is 1. The van der Waals surface area contributed by atoms with Gasteiger partial charge in [0.25, 0.3) is 17.6 Å². The lowest BCUT2D eigenvalue weighted by atomic mass is 10.0. The molecule has 0 aliphatic heterocycles. The molecular weight excluding hydrogens is 549 g/mol. The number of likely N-dealkylation sites (N-methyl/N-ethyl adjacent to an activating group) is 1. The average Bonchev–Trinajstić information content (AvgIpc) is 3.10. The summed E-state index contributed by atoms with van der Waals surface area (Å²) >= 11 is 0. The maximum absolute atomic E-state index is 13.6. The largest absolute Gasteiger partial charge is 0.378 e. The van der Waals surface area contributed by atoms with Crippen LogP contribution in [0.5, 0.6) is 0 Å². The van der Waals surface area contributed by atoms with Crippen LogP contribution in [0.4, 0.5) is 14.5 Å². The number of nitrogens with zero attached hydrogens (tertiary/aromatic N) is 2. The SMILES string of the molecule is CCOP(=O)(CN/C=C(/CNC(=O)C(=O)c1c(C)c(C(=O)Nc2ccc(F)c(F)c2)n(C)c1C)N(C)[NH3+])OCC. The van der Waals surface area contributed by atoms with Gasteiger partial charge in [0.1, 0.15) is 12.0 Å². The van der Waals surface area contributed by atoms with Crippen LogP contribution in [0.1, 0.15) is 46.0 Å². The molecule has 0 aliphatic carbocycles. The van der Waals surface area contributed by atoms with E-state index in [0.717, 1.165) is 12.1 Å². The summed E-state index contributed by atoms with van der Waals surface area (Å²) in [6.45, 7) is 6.80. The Labute approximate surface area is 231 Å². The van der Waals surface area contributed by atoms with Gasteiger partial charge in [-0.1, -0.05) is 0 Å². The minimum atomic E-state index is -3.35. The number of benzene rings is 1. The van der Waals surface area contributed by atoms with E-state index in [1.807, 2.05) is 0 Å². The first-order valence-electron chi connectivity index (χ1n) is 12.4. The first-order chi connectivity index (χ1) is 18.8. The predicted molar refractivity (Wildman–Crippen MR) is 144 cm³/mol. The zero-order valence-electron chi connectivity index (χ0n) is 23.4. The van der Waals surface area contributed by atoms with E-state index in [2.05, 4.69) is 21.8 Å². The number of nitrogens with one attached hydrogen (secondary N) is 3. The van der Waals surface area contributed by atoms with Crippen LogP contribution in [0.15, 0.2) is 30.1 Å². The number of amides is 2. The third-order valence-corrected chi connectivity index (χ3v) is 7.75. The number of quaternary nitrogens is 1. The molecule has 0 atom stereocenters. The van der Waals surface area contributed by atoms with Gasteiger partial charge in [-0.3, -0.25) is 24.8 Å². The summed E-state index contributed by atoms with van der Waals surface area (Å²) in [5, 5.41) is 9.29. The lowest BCUT2D eigenvalue weighted by molar-refractivity contribution is -0.552. The fourth-order valence-corrected chi connectivity index (χ4v) is 5.21. The van der Waals surface area contributed by atoms with Gasteiger partial charge in [0.2, 0.25) is 0 Å². The van der Waals surface area contributed by atoms with Gasteiger partial charge >= 0.3 is 7.60 Å². The molecule has 1 aromatic heterocycles. The van der Waals surface area contributed by atoms with Crippen molar-refractivity contribution in [2.24, 2.45) is 7.05 Å². The molecule has 220 valence electrons. The number of carbonyl (C=O) groups excluding carboxylic acids is 3. The summed E-state index contributed by atoms with van der Waals surface area (Å²) in [7, 11) is -0.188. The van der Waals surface area contributed by atoms with Crippen molar-refractivity contribution in [3.8, 4) is 0 Å². The van der Waals surface area contributed by atoms with E-state index >= 15 is 0 Å². The third-order valence-electron chi connectivity index (χ3n) is 5.88. The molecule has 2 aromatic rings. The van der Waals surface area contributed by atoms with Crippen molar-refractivity contribution in [3.05, 3.63) is 64.2 Å². The second-order valence-electron chi connectivity index (χ2n) is 8.73. The van der Waals surface area contributed by atoms with E-state index in [4.69, 9.17) is 9.05 Å². The van der Waals surface area contributed by atoms with Crippen molar-refractivity contribution < 1.29 is 42.6 Å². The highest BCUT2D eigenvalue weighted by atomic mass is 31.2. The number of anilines is 1. The topological polar surface area (TPSA) is 159 Å². The van der Waals surface area contributed by atoms with E-state index < -0.39 is 36.8 Å². The molecule has 0 unspecified atom stereocenters. The smallest absolute Gasteiger partial charge is 0.349 e. The van der Waals surface area contributed by atoms with E-state index in [0.29, 0.717) is 11.4 Å². The Hall–Kier alpha value is -3.58. The van der Waals surface area contributed by atoms with Gasteiger partial charge in [0, 0.05) is 30.7 Å². The van der Waals surface area contributed by atoms with Gasteiger partial charge in [0.15, 0.2) is 11.6 Å². The fourth-order valence-electron chi connectivity index (χ4n) is 3.86. The summed E-state index contributed by atoms with van der Waals surface area (Å²) in [5.74, 6) is -0.862. The van der Waals surface area contributed by atoms with Gasteiger partial charge in [0.05, 0.1) is 38.1 Å². The standard InChI is InChI=1S/C25H35F2N6O6P/c1-7-38-40(37,39-8-2)14-29-12-18(33(6)28)13-30-25(36)23(34)21-15(3)22(32(5)16(21)4)24(35)31-17-9-10-19(26)20(27)11-17/h9-12,29H,7-8,13-14,28H2,1-6H3,(H,30,36)(H,31,35)/p+1/b18-12-. The normalized spacial score (nSPS) is 11.8. The van der Waals surface area contributed by atoms with Gasteiger partial charge in [-0.05, 0) is 45.4 Å². The average molecular weight is 586 g/mol. The van der Waals surface area contributed by atoms with Crippen molar-refractivity contribution in [1.82, 2.24) is 20.2 Å². The zero-order valence-corrected chi connectivity index (χ0v) is 24.3. The number of rotatable bonds is 14. The Morgan fingerprint density at radius 3 is 2.30 bits per heavy atom. The highest BCUT2D eigenvalue weighted by Crippen LogP contribution is 2.46. The van der Waals surface area contributed by atoms with Crippen molar-refractivity contribution in [2.45, 2.75) is 27.7 Å². The van der Waals surface area contributed by atoms with Crippen LogP contribution >= 0.6 is 7.60 Å². The summed E-state index contributed by atoms with van der Waals surface area (Å²) in [4.78, 5) is 38.8. The lowest BCUT2D eigenvalue weighted by Crippen LogP contribution is -2.65. The van der Waals surface area contributed by atoms with Crippen molar-refractivity contribution >= 4 is 30.9 Å². The highest BCUT2D eigenvalue weighted by molar-refractivity contribution is 7.53. The molecule has 12 nitrogen and oxygen atoms in total. The Bertz CT molecular complexity index is 1330. The van der Waals surface area contributed by atoms with Crippen LogP contribution in [0.3, 0.4) is 0 Å². The van der Waals surface area contributed by atoms with Gasteiger partial charge in [-0.25, -0.2) is 13.8 Å². The van der Waals surface area contributed by atoms with Gasteiger partial charge in [-0.15, -0.1) is 0 Å². The molecule has 6 N–H and O–H groups in total. The Kier molecular flexibility index (Phi) is 11.6. The number of hydrogen-bond donors (Lipinski definition) is 4. The molecule has 0 aliphatic rings. The first kappa shape index (κ1) is 32.6. The molecule has 0 saturated carbocycles. The Morgan fingerprint density at radius 2 is 1.75 bits per heavy atom. The van der Waals surface area contributed by atoms with E-state index in [1.165, 1.54) is 28.8 Å². The quantitative estimate of drug-likeness (QED) is 0.114. The molecule has 1 heterocycles. The van der Waals surface area contributed by atoms with Crippen molar-refractivity contribution in [3.63, 3.8) is 0 Å². The predicted octanol–water partition coefficient (Wildman–Crippen LogP) is 2.21. The fraction of sp³-hybridized carbons (Fsp3) is 0.400. The maximum atomic E-state index is 13.6. The van der Waals surface area contributed by atoms with E-state index in [9.17, 15) is 27.7 Å². The van der Waals surface area contributed by atoms with Crippen LogP contribution in [0, 0.1) is 25.5 Å². The van der Waals surface area contributed by atoms with E-state index in [1.54, 1.807) is 34.9 Å². The Balaban J connectivity index is 2.16. The molecule has 0 fully saturated rings. The number of ketones is 1. The number of carbonyl (C=O) groups is 3. The monoisotopic (exact) mass is 585 g/mol. The summed E-state index contributed by atoms with van der Waals surface area (Å²) in [6, 6.07) is 2.92. The maximum Gasteiger partial charge on any atom is 0.349 e. The molecule has 15 heteroatoms. The van der Waals surface area contributed by atoms with Crippen molar-refractivity contribution in [2.75, 3.05) is 38.4 Å². The van der Waals surface area contributed by atoms with Gasteiger partial charge in [-0.2, -0.15) is 0 Å². The van der Waals surface area contributed by atoms with Crippen LogP contribution < -0.4 is 21.8 Å². The van der Waals surface area contributed by atoms with E-state index in [-0.39, 0.29) is 48.6 Å². The number of hydrogen-bond acceptors (Lipinski definition) is 8. The number of Topliss-reactive ketones (excluding diaryl/α,β-unsaturated/α-hetero) is 1. The van der Waals surface area contributed by atoms with Crippen LogP contribution in [-0.4, -0.2) is 60.3 Å². The second kappa shape index (κ2) is 14.2. The summed E-state index contributed by atoms with van der Waals surface area (Å²) in [5.41, 5.74) is 1.20. The van der Waals surface area contributed by atoms with Crippen LogP contribution in [0.2, 0.25) is 0 Å².